The molecule has 1 aliphatic rings. The lowest BCUT2D eigenvalue weighted by Gasteiger charge is -2.22. The molecule has 1 amide bonds. The molecule has 0 radical (unpaired) electrons. The second-order valence-electron chi connectivity index (χ2n) is 6.44. The number of thiazole rings is 1. The van der Waals surface area contributed by atoms with Crippen molar-refractivity contribution in [1.29, 1.82) is 0 Å². The van der Waals surface area contributed by atoms with Gasteiger partial charge in [-0.2, -0.15) is 0 Å². The van der Waals surface area contributed by atoms with E-state index in [1.54, 1.807) is 12.3 Å². The van der Waals surface area contributed by atoms with Gasteiger partial charge in [0, 0.05) is 18.8 Å². The van der Waals surface area contributed by atoms with Gasteiger partial charge in [0.05, 0.1) is 11.4 Å². The predicted octanol–water partition coefficient (Wildman–Crippen LogP) is 4.46. The third-order valence-electron chi connectivity index (χ3n) is 4.37. The number of aryl methyl sites for hydroxylation is 1. The van der Waals surface area contributed by atoms with Crippen molar-refractivity contribution in [2.45, 2.75) is 32.4 Å². The number of hydrogen-bond donors (Lipinski definition) is 0. The van der Waals surface area contributed by atoms with Crippen molar-refractivity contribution in [2.24, 2.45) is 0 Å². The molecule has 0 spiro atoms. The van der Waals surface area contributed by atoms with Crippen molar-refractivity contribution in [1.82, 2.24) is 14.9 Å². The van der Waals surface area contributed by atoms with Crippen LogP contribution in [0.15, 0.2) is 48.7 Å². The predicted molar refractivity (Wildman–Crippen MR) is 99.4 cm³/mol. The molecule has 1 saturated carbocycles. The van der Waals surface area contributed by atoms with E-state index in [9.17, 15) is 9.18 Å². The van der Waals surface area contributed by atoms with Gasteiger partial charge in [0.15, 0.2) is 0 Å². The summed E-state index contributed by atoms with van der Waals surface area (Å²) in [5.41, 5.74) is 2.28. The Balaban J connectivity index is 1.61. The fourth-order valence-corrected chi connectivity index (χ4v) is 3.91. The Morgan fingerprint density at radius 2 is 2.12 bits per heavy atom. The van der Waals surface area contributed by atoms with Gasteiger partial charge in [0.2, 0.25) is 0 Å². The molecule has 0 bridgehead atoms. The highest BCUT2D eigenvalue weighted by Gasteiger charge is 2.34. The molecule has 3 aromatic rings. The lowest BCUT2D eigenvalue weighted by Crippen LogP contribution is -2.32. The van der Waals surface area contributed by atoms with E-state index in [1.807, 2.05) is 36.1 Å². The van der Waals surface area contributed by atoms with E-state index >= 15 is 0 Å². The number of amides is 1. The third-order valence-corrected chi connectivity index (χ3v) is 5.53. The molecule has 0 unspecified atom stereocenters. The Bertz CT molecular complexity index is 937. The summed E-state index contributed by atoms with van der Waals surface area (Å²) in [6.45, 7) is 2.26. The molecule has 132 valence electrons. The highest BCUT2D eigenvalue weighted by molar-refractivity contribution is 7.17. The minimum atomic E-state index is -0.280. The molecule has 1 fully saturated rings. The monoisotopic (exact) mass is 367 g/mol. The molecule has 1 aliphatic carbocycles. The van der Waals surface area contributed by atoms with Crippen molar-refractivity contribution < 1.29 is 9.18 Å². The molecule has 0 N–H and O–H groups in total. The summed E-state index contributed by atoms with van der Waals surface area (Å²) < 4.78 is 13.5. The Labute approximate surface area is 155 Å². The number of aromatic nitrogens is 2. The van der Waals surface area contributed by atoms with E-state index in [-0.39, 0.29) is 17.8 Å². The van der Waals surface area contributed by atoms with Crippen LogP contribution in [0.4, 0.5) is 4.39 Å². The highest BCUT2D eigenvalue weighted by Crippen LogP contribution is 2.33. The standard InChI is InChI=1S/C20H18FN3OS/c1-13-18(26-19(23-13)17-7-2-3-10-22-17)20(25)24(16-8-9-16)12-14-5-4-6-15(21)11-14/h2-7,10-11,16H,8-9,12H2,1H3. The summed E-state index contributed by atoms with van der Waals surface area (Å²) in [5.74, 6) is -0.314. The van der Waals surface area contributed by atoms with Crippen LogP contribution in [0.25, 0.3) is 10.7 Å². The molecular weight excluding hydrogens is 349 g/mol. The first-order valence-corrected chi connectivity index (χ1v) is 9.37. The normalized spacial score (nSPS) is 13.6. The number of halogens is 1. The SMILES string of the molecule is Cc1nc(-c2ccccn2)sc1C(=O)N(Cc1cccc(F)c1)C1CC1. The van der Waals surface area contributed by atoms with Crippen molar-refractivity contribution >= 4 is 17.2 Å². The Hall–Kier alpha value is -2.60. The van der Waals surface area contributed by atoms with Crippen LogP contribution >= 0.6 is 11.3 Å². The number of hydrogen-bond acceptors (Lipinski definition) is 4. The zero-order valence-corrected chi connectivity index (χ0v) is 15.2. The first-order chi connectivity index (χ1) is 12.6. The third kappa shape index (κ3) is 3.51. The molecule has 4 nitrogen and oxygen atoms in total. The van der Waals surface area contributed by atoms with Gasteiger partial charge in [-0.25, -0.2) is 9.37 Å². The van der Waals surface area contributed by atoms with E-state index in [1.165, 1.54) is 23.5 Å². The molecular formula is C20H18FN3OS. The van der Waals surface area contributed by atoms with E-state index < -0.39 is 0 Å². The summed E-state index contributed by atoms with van der Waals surface area (Å²) in [6.07, 6.45) is 3.70. The van der Waals surface area contributed by atoms with Gasteiger partial charge in [0.1, 0.15) is 15.7 Å². The van der Waals surface area contributed by atoms with E-state index in [0.717, 1.165) is 29.1 Å². The second-order valence-corrected chi connectivity index (χ2v) is 7.44. The van der Waals surface area contributed by atoms with Gasteiger partial charge >= 0.3 is 0 Å². The first-order valence-electron chi connectivity index (χ1n) is 8.56. The van der Waals surface area contributed by atoms with Crippen LogP contribution < -0.4 is 0 Å². The maximum atomic E-state index is 13.5. The molecule has 0 aliphatic heterocycles. The van der Waals surface area contributed by atoms with E-state index in [2.05, 4.69) is 9.97 Å². The molecule has 6 heteroatoms. The highest BCUT2D eigenvalue weighted by atomic mass is 32.1. The number of carbonyl (C=O) groups excluding carboxylic acids is 1. The first kappa shape index (κ1) is 16.8. The quantitative estimate of drug-likeness (QED) is 0.669. The number of carbonyl (C=O) groups is 1. The number of pyridine rings is 1. The summed E-state index contributed by atoms with van der Waals surface area (Å²) in [7, 11) is 0. The largest absolute Gasteiger partial charge is 0.331 e. The Morgan fingerprint density at radius 1 is 1.27 bits per heavy atom. The second kappa shape index (κ2) is 6.96. The van der Waals surface area contributed by atoms with Gasteiger partial charge in [0.25, 0.3) is 5.91 Å². The molecule has 0 saturated heterocycles. The summed E-state index contributed by atoms with van der Waals surface area (Å²) in [4.78, 5) is 24.5. The van der Waals surface area contributed by atoms with E-state index in [4.69, 9.17) is 0 Å². The summed E-state index contributed by atoms with van der Waals surface area (Å²) in [5, 5.41) is 0.743. The van der Waals surface area contributed by atoms with Crippen LogP contribution in [0.1, 0.15) is 33.8 Å². The number of nitrogens with zero attached hydrogens (tertiary/aromatic N) is 3. The van der Waals surface area contributed by atoms with Crippen molar-refractivity contribution in [2.75, 3.05) is 0 Å². The molecule has 2 heterocycles. The van der Waals surface area contributed by atoms with Crippen LogP contribution in [0.2, 0.25) is 0 Å². The van der Waals surface area contributed by atoms with Crippen LogP contribution in [0, 0.1) is 12.7 Å². The molecule has 1 aromatic carbocycles. The minimum absolute atomic E-state index is 0.0334. The molecule has 4 rings (SSSR count). The van der Waals surface area contributed by atoms with Crippen molar-refractivity contribution in [3.8, 4) is 10.7 Å². The molecule has 0 atom stereocenters. The van der Waals surface area contributed by atoms with Crippen LogP contribution in [0.5, 0.6) is 0 Å². The zero-order valence-electron chi connectivity index (χ0n) is 14.4. The van der Waals surface area contributed by atoms with Gasteiger partial charge in [-0.05, 0) is 49.6 Å². The van der Waals surface area contributed by atoms with Crippen molar-refractivity contribution in [3.63, 3.8) is 0 Å². The Kier molecular flexibility index (Phi) is 4.51. The lowest BCUT2D eigenvalue weighted by atomic mass is 10.2. The number of rotatable bonds is 5. The fraction of sp³-hybridized carbons (Fsp3) is 0.250. The number of benzene rings is 1. The van der Waals surface area contributed by atoms with Crippen LogP contribution in [0.3, 0.4) is 0 Å². The summed E-state index contributed by atoms with van der Waals surface area (Å²) >= 11 is 1.37. The van der Waals surface area contributed by atoms with Gasteiger partial charge in [-0.3, -0.25) is 9.78 Å². The fourth-order valence-electron chi connectivity index (χ4n) is 2.91. The van der Waals surface area contributed by atoms with Gasteiger partial charge < -0.3 is 4.90 Å². The van der Waals surface area contributed by atoms with Crippen LogP contribution in [-0.4, -0.2) is 26.8 Å². The van der Waals surface area contributed by atoms with Crippen molar-refractivity contribution in [3.05, 3.63) is 70.6 Å². The maximum absolute atomic E-state index is 13.5. The van der Waals surface area contributed by atoms with Gasteiger partial charge in [-0.1, -0.05) is 18.2 Å². The summed E-state index contributed by atoms with van der Waals surface area (Å²) in [6, 6.07) is 12.3. The molecule has 26 heavy (non-hydrogen) atoms. The Morgan fingerprint density at radius 3 is 2.81 bits per heavy atom. The molecule has 2 aromatic heterocycles. The zero-order chi connectivity index (χ0) is 18.1. The average Bonchev–Trinajstić information content (AvgIpc) is 3.41. The van der Waals surface area contributed by atoms with E-state index in [0.29, 0.717) is 17.1 Å². The topological polar surface area (TPSA) is 46.1 Å². The smallest absolute Gasteiger partial charge is 0.266 e. The van der Waals surface area contributed by atoms with Crippen LogP contribution in [-0.2, 0) is 6.54 Å². The maximum Gasteiger partial charge on any atom is 0.266 e. The average molecular weight is 367 g/mol. The minimum Gasteiger partial charge on any atom is -0.331 e. The lowest BCUT2D eigenvalue weighted by molar-refractivity contribution is 0.0733. The van der Waals surface area contributed by atoms with Gasteiger partial charge in [-0.15, -0.1) is 11.3 Å².